The van der Waals surface area contributed by atoms with Gasteiger partial charge in [-0.05, 0) is 30.7 Å². The molecule has 0 radical (unpaired) electrons. The molecular weight excluding hydrogens is 354 g/mol. The van der Waals surface area contributed by atoms with Gasteiger partial charge in [0.1, 0.15) is 5.69 Å². The van der Waals surface area contributed by atoms with Crippen LogP contribution in [0.15, 0.2) is 60.8 Å². The van der Waals surface area contributed by atoms with Gasteiger partial charge in [-0.1, -0.05) is 35.5 Å². The van der Waals surface area contributed by atoms with Crippen molar-refractivity contribution in [1.29, 1.82) is 0 Å². The Labute approximate surface area is 163 Å². The van der Waals surface area contributed by atoms with Crippen LogP contribution in [0.5, 0.6) is 0 Å². The molecule has 2 aromatic carbocycles. The average molecular weight is 375 g/mol. The number of hydrogen-bond acceptors (Lipinski definition) is 4. The predicted molar refractivity (Wildman–Crippen MR) is 106 cm³/mol. The minimum atomic E-state index is -0.135. The van der Waals surface area contributed by atoms with Gasteiger partial charge in [0.2, 0.25) is 5.91 Å². The van der Waals surface area contributed by atoms with Crippen molar-refractivity contribution in [1.82, 2.24) is 19.9 Å². The van der Waals surface area contributed by atoms with Crippen LogP contribution in [0.2, 0.25) is 0 Å². The van der Waals surface area contributed by atoms with E-state index < -0.39 is 0 Å². The molecule has 0 aliphatic carbocycles. The zero-order valence-corrected chi connectivity index (χ0v) is 15.6. The summed E-state index contributed by atoms with van der Waals surface area (Å²) in [5.41, 5.74) is 3.15. The number of aromatic nitrogens is 3. The second kappa shape index (κ2) is 7.64. The number of likely N-dealkylation sites (tertiary alicyclic amines) is 1. The third-order valence-electron chi connectivity index (χ3n) is 4.86. The molecule has 1 N–H and O–H groups in total. The number of carbonyl (C=O) groups excluding carboxylic acids is 2. The van der Waals surface area contributed by atoms with Gasteiger partial charge in [-0.25, -0.2) is 4.68 Å². The van der Waals surface area contributed by atoms with Gasteiger partial charge >= 0.3 is 0 Å². The summed E-state index contributed by atoms with van der Waals surface area (Å²) in [6, 6.07) is 17.0. The van der Waals surface area contributed by atoms with E-state index in [1.165, 1.54) is 6.92 Å². The molecule has 142 valence electrons. The maximum Gasteiger partial charge on any atom is 0.253 e. The Morgan fingerprint density at radius 1 is 1.07 bits per heavy atom. The lowest BCUT2D eigenvalue weighted by Gasteiger charge is -2.16. The van der Waals surface area contributed by atoms with Crippen molar-refractivity contribution in [3.8, 4) is 11.3 Å². The molecule has 0 saturated carbocycles. The van der Waals surface area contributed by atoms with Crippen LogP contribution in [-0.2, 0) is 4.79 Å². The van der Waals surface area contributed by atoms with Gasteiger partial charge in [-0.3, -0.25) is 9.59 Å². The average Bonchev–Trinajstić information content (AvgIpc) is 3.38. The highest BCUT2D eigenvalue weighted by Crippen LogP contribution is 2.25. The summed E-state index contributed by atoms with van der Waals surface area (Å²) in [6.07, 6.45) is 2.78. The molecule has 28 heavy (non-hydrogen) atoms. The second-order valence-corrected chi connectivity index (χ2v) is 6.90. The van der Waals surface area contributed by atoms with Crippen LogP contribution in [0.25, 0.3) is 11.3 Å². The number of carbonyl (C=O) groups is 2. The molecule has 1 aliphatic rings. The molecule has 7 nitrogen and oxygen atoms in total. The number of hydrogen-bond donors (Lipinski definition) is 1. The quantitative estimate of drug-likeness (QED) is 0.760. The second-order valence-electron chi connectivity index (χ2n) is 6.90. The van der Waals surface area contributed by atoms with E-state index in [1.54, 1.807) is 24.3 Å². The molecule has 0 unspecified atom stereocenters. The van der Waals surface area contributed by atoms with Crippen LogP contribution in [0.3, 0.4) is 0 Å². The summed E-state index contributed by atoms with van der Waals surface area (Å²) in [7, 11) is 0. The maximum absolute atomic E-state index is 12.8. The number of benzene rings is 2. The first-order chi connectivity index (χ1) is 13.6. The minimum Gasteiger partial charge on any atom is -0.336 e. The molecule has 1 aromatic heterocycles. The van der Waals surface area contributed by atoms with Crippen LogP contribution in [0.1, 0.15) is 29.7 Å². The van der Waals surface area contributed by atoms with Crippen LogP contribution < -0.4 is 5.32 Å². The highest BCUT2D eigenvalue weighted by molar-refractivity contribution is 5.95. The van der Waals surface area contributed by atoms with Gasteiger partial charge in [-0.15, -0.1) is 5.10 Å². The van der Waals surface area contributed by atoms with E-state index in [2.05, 4.69) is 15.6 Å². The Kier molecular flexibility index (Phi) is 4.89. The van der Waals surface area contributed by atoms with Crippen LogP contribution in [0.4, 0.5) is 5.69 Å². The van der Waals surface area contributed by atoms with Crippen LogP contribution >= 0.6 is 0 Å². The molecule has 4 rings (SSSR count). The zero-order valence-electron chi connectivity index (χ0n) is 15.6. The van der Waals surface area contributed by atoms with Crippen molar-refractivity contribution in [2.24, 2.45) is 0 Å². The minimum absolute atomic E-state index is 0.0136. The molecule has 3 aromatic rings. The maximum atomic E-state index is 12.8. The fraction of sp³-hybridized carbons (Fsp3) is 0.238. The largest absolute Gasteiger partial charge is 0.336 e. The lowest BCUT2D eigenvalue weighted by molar-refractivity contribution is -0.114. The van der Waals surface area contributed by atoms with E-state index in [9.17, 15) is 9.59 Å². The van der Waals surface area contributed by atoms with Gasteiger partial charge < -0.3 is 10.2 Å². The molecule has 1 atom stereocenters. The summed E-state index contributed by atoms with van der Waals surface area (Å²) in [6.45, 7) is 2.73. The van der Waals surface area contributed by atoms with E-state index >= 15 is 0 Å². The molecule has 2 amide bonds. The molecule has 7 heteroatoms. The molecule has 0 bridgehead atoms. The van der Waals surface area contributed by atoms with E-state index in [0.29, 0.717) is 24.3 Å². The van der Waals surface area contributed by atoms with Crippen molar-refractivity contribution in [2.45, 2.75) is 19.4 Å². The number of nitrogens with one attached hydrogen (secondary N) is 1. The summed E-state index contributed by atoms with van der Waals surface area (Å²) < 4.78 is 1.86. The highest BCUT2D eigenvalue weighted by atomic mass is 16.2. The zero-order chi connectivity index (χ0) is 19.5. The fourth-order valence-electron chi connectivity index (χ4n) is 3.42. The lowest BCUT2D eigenvalue weighted by Crippen LogP contribution is -2.29. The number of anilines is 1. The molecular formula is C21H21N5O2. The van der Waals surface area contributed by atoms with Gasteiger partial charge in [0.05, 0.1) is 12.2 Å². The first-order valence-corrected chi connectivity index (χ1v) is 9.24. The summed E-state index contributed by atoms with van der Waals surface area (Å²) in [5.74, 6) is -0.149. The lowest BCUT2D eigenvalue weighted by atomic mass is 10.2. The Hall–Kier alpha value is -3.48. The Balaban J connectivity index is 1.42. The Morgan fingerprint density at radius 2 is 1.82 bits per heavy atom. The van der Waals surface area contributed by atoms with E-state index in [1.807, 2.05) is 46.1 Å². The Bertz CT molecular complexity index is 982. The standard InChI is InChI=1S/C21H21N5O2/c1-15(27)22-18-9-7-17(8-10-18)21(28)25-12-11-19(13-25)26-14-20(23-24-26)16-5-3-2-4-6-16/h2-10,14,19H,11-13H2,1H3,(H,22,27)/t19-/m0/s1. The molecule has 1 fully saturated rings. The first-order valence-electron chi connectivity index (χ1n) is 9.24. The third kappa shape index (κ3) is 3.78. The van der Waals surface area contributed by atoms with Gasteiger partial charge in [0, 0.05) is 36.8 Å². The van der Waals surface area contributed by atoms with Crippen molar-refractivity contribution in [3.63, 3.8) is 0 Å². The summed E-state index contributed by atoms with van der Waals surface area (Å²) in [4.78, 5) is 25.7. The van der Waals surface area contributed by atoms with E-state index in [0.717, 1.165) is 17.7 Å². The number of rotatable bonds is 4. The Morgan fingerprint density at radius 3 is 2.54 bits per heavy atom. The molecule has 0 spiro atoms. The SMILES string of the molecule is CC(=O)Nc1ccc(C(=O)N2CC[C@H](n3cc(-c4ccccc4)nn3)C2)cc1. The molecule has 2 heterocycles. The molecule has 1 aliphatic heterocycles. The predicted octanol–water partition coefficient (Wildman–Crippen LogP) is 2.99. The fourth-order valence-corrected chi connectivity index (χ4v) is 3.42. The van der Waals surface area contributed by atoms with Crippen LogP contribution in [0, 0.1) is 0 Å². The number of amides is 2. The number of nitrogens with zero attached hydrogens (tertiary/aromatic N) is 4. The van der Waals surface area contributed by atoms with E-state index in [4.69, 9.17) is 0 Å². The normalized spacial score (nSPS) is 16.2. The van der Waals surface area contributed by atoms with Gasteiger partial charge in [-0.2, -0.15) is 0 Å². The van der Waals surface area contributed by atoms with Crippen molar-refractivity contribution >= 4 is 17.5 Å². The summed E-state index contributed by atoms with van der Waals surface area (Å²) in [5, 5.41) is 11.2. The highest BCUT2D eigenvalue weighted by Gasteiger charge is 2.29. The third-order valence-corrected chi connectivity index (χ3v) is 4.86. The van der Waals surface area contributed by atoms with E-state index in [-0.39, 0.29) is 17.9 Å². The summed E-state index contributed by atoms with van der Waals surface area (Å²) >= 11 is 0. The van der Waals surface area contributed by atoms with Crippen molar-refractivity contribution in [2.75, 3.05) is 18.4 Å². The van der Waals surface area contributed by atoms with Crippen molar-refractivity contribution in [3.05, 3.63) is 66.4 Å². The van der Waals surface area contributed by atoms with Gasteiger partial charge in [0.25, 0.3) is 5.91 Å². The molecule has 1 saturated heterocycles. The smallest absolute Gasteiger partial charge is 0.253 e. The topological polar surface area (TPSA) is 80.1 Å². The van der Waals surface area contributed by atoms with Gasteiger partial charge in [0.15, 0.2) is 0 Å². The first kappa shape index (κ1) is 17.9. The van der Waals surface area contributed by atoms with Crippen LogP contribution in [-0.4, -0.2) is 44.8 Å². The monoisotopic (exact) mass is 375 g/mol. The van der Waals surface area contributed by atoms with Crippen molar-refractivity contribution < 1.29 is 9.59 Å².